The number of benzene rings is 2. The Hall–Kier alpha value is -3.13. The molecule has 8 nitrogen and oxygen atoms in total. The van der Waals surface area contributed by atoms with Crippen molar-refractivity contribution >= 4 is 5.97 Å². The van der Waals surface area contributed by atoms with Gasteiger partial charge in [0.15, 0.2) is 23.0 Å². The van der Waals surface area contributed by atoms with Crippen molar-refractivity contribution in [1.82, 2.24) is 0 Å². The minimum absolute atomic E-state index is 0.110. The van der Waals surface area contributed by atoms with E-state index in [4.69, 9.17) is 28.4 Å². The van der Waals surface area contributed by atoms with E-state index in [0.29, 0.717) is 34.3 Å². The first kappa shape index (κ1) is 21.1. The molecular formula is C23H26O8. The predicted molar refractivity (Wildman–Crippen MR) is 110 cm³/mol. The largest absolute Gasteiger partial charge is 0.493 e. The number of fused-ring (bicyclic) bond motifs is 2. The number of hydrogen-bond donors (Lipinski definition) is 1. The quantitative estimate of drug-likeness (QED) is 0.724. The highest BCUT2D eigenvalue weighted by molar-refractivity contribution is 5.77. The molecule has 4 rings (SSSR count). The molecule has 8 heteroatoms. The lowest BCUT2D eigenvalue weighted by molar-refractivity contribution is -0.150. The van der Waals surface area contributed by atoms with Crippen molar-refractivity contribution in [3.63, 3.8) is 0 Å². The summed E-state index contributed by atoms with van der Waals surface area (Å²) in [6.07, 6.45) is -0.869. The molecule has 0 radical (unpaired) electrons. The van der Waals surface area contributed by atoms with Gasteiger partial charge in [0, 0.05) is 11.8 Å². The van der Waals surface area contributed by atoms with E-state index in [1.807, 2.05) is 25.1 Å². The molecule has 1 N–H and O–H groups in total. The number of aliphatic hydroxyl groups excluding tert-OH is 1. The van der Waals surface area contributed by atoms with Gasteiger partial charge in [-0.25, -0.2) is 0 Å². The molecule has 0 amide bonds. The van der Waals surface area contributed by atoms with Gasteiger partial charge in [0.2, 0.25) is 12.5 Å². The molecule has 0 aromatic heterocycles. The number of methoxy groups -OCH3 is 4. The number of esters is 1. The summed E-state index contributed by atoms with van der Waals surface area (Å²) >= 11 is 0. The molecule has 0 saturated carbocycles. The van der Waals surface area contributed by atoms with Gasteiger partial charge in [0.25, 0.3) is 0 Å². The molecule has 2 aromatic carbocycles. The molecule has 0 unspecified atom stereocenters. The van der Waals surface area contributed by atoms with Gasteiger partial charge in [-0.15, -0.1) is 0 Å². The third kappa shape index (κ3) is 3.31. The minimum atomic E-state index is -0.869. The van der Waals surface area contributed by atoms with E-state index in [9.17, 15) is 9.90 Å². The summed E-state index contributed by atoms with van der Waals surface area (Å²) in [5.41, 5.74) is 2.22. The van der Waals surface area contributed by atoms with E-state index in [0.717, 1.165) is 11.1 Å². The van der Waals surface area contributed by atoms with E-state index < -0.39 is 29.8 Å². The predicted octanol–water partition coefficient (Wildman–Crippen LogP) is 3.05. The highest BCUT2D eigenvalue weighted by atomic mass is 16.7. The first-order valence-electron chi connectivity index (χ1n) is 9.94. The highest BCUT2D eigenvalue weighted by Gasteiger charge is 2.46. The summed E-state index contributed by atoms with van der Waals surface area (Å²) in [7, 11) is 5.96. The minimum Gasteiger partial charge on any atom is -0.493 e. The fourth-order valence-corrected chi connectivity index (χ4v) is 4.63. The average Bonchev–Trinajstić information content (AvgIpc) is 3.26. The van der Waals surface area contributed by atoms with Crippen molar-refractivity contribution in [3.8, 4) is 28.7 Å². The van der Waals surface area contributed by atoms with Crippen molar-refractivity contribution in [3.05, 3.63) is 41.0 Å². The molecule has 2 aliphatic rings. The summed E-state index contributed by atoms with van der Waals surface area (Å²) in [5, 5.41) is 11.1. The Morgan fingerprint density at radius 1 is 0.935 bits per heavy atom. The lowest BCUT2D eigenvalue weighted by Gasteiger charge is -2.40. The zero-order chi connectivity index (χ0) is 22.3. The first-order chi connectivity index (χ1) is 14.9. The second-order valence-electron chi connectivity index (χ2n) is 7.62. The lowest BCUT2D eigenvalue weighted by Crippen LogP contribution is -2.38. The summed E-state index contributed by atoms with van der Waals surface area (Å²) in [6, 6.07) is 7.26. The Kier molecular flexibility index (Phi) is 5.58. The second kappa shape index (κ2) is 8.19. The maximum Gasteiger partial charge on any atom is 0.310 e. The summed E-state index contributed by atoms with van der Waals surface area (Å²) in [5.74, 6) is 0.644. The van der Waals surface area contributed by atoms with E-state index >= 15 is 0 Å². The van der Waals surface area contributed by atoms with Crippen LogP contribution >= 0.6 is 0 Å². The SMILES string of the molecule is COC(=O)[C@H]1[C@H](c2cc(OC)c(OC)c(OC)c2)c2cc3c(cc2[C@@H](O)[C@@H]1C)OCO3. The fourth-order valence-electron chi connectivity index (χ4n) is 4.63. The van der Waals surface area contributed by atoms with Crippen LogP contribution in [0.15, 0.2) is 24.3 Å². The van der Waals surface area contributed by atoms with Crippen LogP contribution in [0.5, 0.6) is 28.7 Å². The number of carbonyl (C=O) groups excluding carboxylic acids is 1. The molecular weight excluding hydrogens is 404 g/mol. The molecule has 1 aliphatic heterocycles. The third-order valence-corrected chi connectivity index (χ3v) is 6.18. The van der Waals surface area contributed by atoms with Gasteiger partial charge in [-0.1, -0.05) is 6.92 Å². The maximum absolute atomic E-state index is 12.9. The van der Waals surface area contributed by atoms with Crippen molar-refractivity contribution in [2.24, 2.45) is 11.8 Å². The van der Waals surface area contributed by atoms with Crippen LogP contribution < -0.4 is 23.7 Å². The number of aliphatic hydroxyl groups is 1. The second-order valence-corrected chi connectivity index (χ2v) is 7.62. The molecule has 0 bridgehead atoms. The number of ether oxygens (including phenoxy) is 6. The fraction of sp³-hybridized carbons (Fsp3) is 0.435. The highest BCUT2D eigenvalue weighted by Crippen LogP contribution is 2.53. The zero-order valence-electron chi connectivity index (χ0n) is 18.1. The molecule has 31 heavy (non-hydrogen) atoms. The van der Waals surface area contributed by atoms with Crippen LogP contribution in [0.3, 0.4) is 0 Å². The van der Waals surface area contributed by atoms with Crippen LogP contribution in [0.4, 0.5) is 0 Å². The van der Waals surface area contributed by atoms with Crippen LogP contribution in [0, 0.1) is 11.8 Å². The van der Waals surface area contributed by atoms with Gasteiger partial charge < -0.3 is 33.5 Å². The zero-order valence-corrected chi connectivity index (χ0v) is 18.1. The molecule has 2 aromatic rings. The van der Waals surface area contributed by atoms with Gasteiger partial charge in [0.1, 0.15) is 0 Å². The van der Waals surface area contributed by atoms with Gasteiger partial charge >= 0.3 is 5.97 Å². The smallest absolute Gasteiger partial charge is 0.310 e. The first-order valence-corrected chi connectivity index (χ1v) is 9.94. The van der Waals surface area contributed by atoms with E-state index in [-0.39, 0.29) is 6.79 Å². The monoisotopic (exact) mass is 430 g/mol. The Morgan fingerprint density at radius 3 is 2.03 bits per heavy atom. The van der Waals surface area contributed by atoms with Crippen LogP contribution in [0.25, 0.3) is 0 Å². The van der Waals surface area contributed by atoms with Crippen molar-refractivity contribution in [2.45, 2.75) is 18.9 Å². The van der Waals surface area contributed by atoms with E-state index in [1.165, 1.54) is 28.4 Å². The standard InChI is InChI=1S/C23H26O8/c1-11-19(23(25)29-5)20(12-6-17(26-2)22(28-4)18(7-12)27-3)13-8-15-16(31-10-30-15)9-14(13)21(11)24/h6-9,11,19-21,24H,10H2,1-5H3/t11-,19-,20-,21+/m1/s1. The Morgan fingerprint density at radius 2 is 1.52 bits per heavy atom. The third-order valence-electron chi connectivity index (χ3n) is 6.18. The normalized spacial score (nSPS) is 23.7. The van der Waals surface area contributed by atoms with Crippen molar-refractivity contribution in [1.29, 1.82) is 0 Å². The van der Waals surface area contributed by atoms with Crippen molar-refractivity contribution in [2.75, 3.05) is 35.2 Å². The van der Waals surface area contributed by atoms with Crippen LogP contribution in [-0.2, 0) is 9.53 Å². The van der Waals surface area contributed by atoms with E-state index in [1.54, 1.807) is 6.07 Å². The Labute approximate surface area is 180 Å². The molecule has 1 heterocycles. The summed E-state index contributed by atoms with van der Waals surface area (Å²) < 4.78 is 32.7. The average molecular weight is 430 g/mol. The van der Waals surface area contributed by atoms with Crippen LogP contribution in [-0.4, -0.2) is 46.3 Å². The molecule has 1 aliphatic carbocycles. The van der Waals surface area contributed by atoms with Gasteiger partial charge in [0.05, 0.1) is 40.5 Å². The Balaban J connectivity index is 1.98. The number of hydrogen-bond acceptors (Lipinski definition) is 8. The van der Waals surface area contributed by atoms with Gasteiger partial charge in [-0.2, -0.15) is 0 Å². The molecule has 4 atom stereocenters. The number of carbonyl (C=O) groups is 1. The topological polar surface area (TPSA) is 92.7 Å². The van der Waals surface area contributed by atoms with Gasteiger partial charge in [-0.05, 0) is 41.0 Å². The lowest BCUT2D eigenvalue weighted by atomic mass is 9.65. The van der Waals surface area contributed by atoms with Crippen molar-refractivity contribution < 1.29 is 38.3 Å². The molecule has 0 saturated heterocycles. The molecule has 0 spiro atoms. The van der Waals surface area contributed by atoms with E-state index in [2.05, 4.69) is 0 Å². The molecule has 0 fully saturated rings. The van der Waals surface area contributed by atoms with Crippen LogP contribution in [0.1, 0.15) is 35.6 Å². The number of rotatable bonds is 5. The maximum atomic E-state index is 12.9. The Bertz CT molecular complexity index is 976. The molecule has 166 valence electrons. The van der Waals surface area contributed by atoms with Crippen LogP contribution in [0.2, 0.25) is 0 Å². The van der Waals surface area contributed by atoms with Gasteiger partial charge in [-0.3, -0.25) is 4.79 Å². The summed E-state index contributed by atoms with van der Waals surface area (Å²) in [4.78, 5) is 12.9. The summed E-state index contributed by atoms with van der Waals surface area (Å²) in [6.45, 7) is 1.95.